The first kappa shape index (κ1) is 16.5. The molecule has 1 unspecified atom stereocenters. The van der Waals surface area contributed by atoms with Crippen molar-refractivity contribution in [3.05, 3.63) is 29.3 Å². The SMILES string of the molecule is CCSCC(C)NS(=O)(=O)c1ccc(C)c(CO)c1. The number of rotatable bonds is 7. The lowest BCUT2D eigenvalue weighted by Crippen LogP contribution is -2.34. The Balaban J connectivity index is 2.88. The van der Waals surface area contributed by atoms with E-state index in [1.54, 1.807) is 23.9 Å². The van der Waals surface area contributed by atoms with Gasteiger partial charge in [-0.15, -0.1) is 0 Å². The molecule has 0 aromatic heterocycles. The van der Waals surface area contributed by atoms with Crippen molar-refractivity contribution in [1.29, 1.82) is 0 Å². The molecule has 0 aliphatic carbocycles. The van der Waals surface area contributed by atoms with E-state index in [1.807, 2.05) is 20.8 Å². The molecule has 1 rings (SSSR count). The minimum Gasteiger partial charge on any atom is -0.392 e. The van der Waals surface area contributed by atoms with E-state index in [-0.39, 0.29) is 17.5 Å². The van der Waals surface area contributed by atoms with Gasteiger partial charge in [-0.05, 0) is 42.9 Å². The standard InChI is InChI=1S/C13H21NO3S2/c1-4-18-9-11(3)14-19(16,17)13-6-5-10(2)12(7-13)8-15/h5-7,11,14-15H,4,8-9H2,1-3H3. The Labute approximate surface area is 119 Å². The molecule has 0 aliphatic rings. The number of thioether (sulfide) groups is 1. The van der Waals surface area contributed by atoms with Crippen LogP contribution < -0.4 is 4.72 Å². The summed E-state index contributed by atoms with van der Waals surface area (Å²) in [5.74, 6) is 1.71. The molecule has 6 heteroatoms. The van der Waals surface area contributed by atoms with Gasteiger partial charge in [0.25, 0.3) is 0 Å². The molecule has 108 valence electrons. The van der Waals surface area contributed by atoms with Gasteiger partial charge < -0.3 is 5.11 Å². The highest BCUT2D eigenvalue weighted by molar-refractivity contribution is 7.99. The maximum atomic E-state index is 12.2. The maximum absolute atomic E-state index is 12.2. The average molecular weight is 303 g/mol. The molecule has 0 aliphatic heterocycles. The summed E-state index contributed by atoms with van der Waals surface area (Å²) in [5, 5.41) is 9.19. The highest BCUT2D eigenvalue weighted by Gasteiger charge is 2.18. The minimum atomic E-state index is -3.51. The molecule has 0 saturated heterocycles. The van der Waals surface area contributed by atoms with Crippen LogP contribution in [-0.2, 0) is 16.6 Å². The Kier molecular flexibility index (Phi) is 6.32. The Hall–Kier alpha value is -0.560. The van der Waals surface area contributed by atoms with Crippen molar-refractivity contribution in [2.24, 2.45) is 0 Å². The number of sulfonamides is 1. The fourth-order valence-corrected chi connectivity index (χ4v) is 3.72. The van der Waals surface area contributed by atoms with Crippen LogP contribution in [0.1, 0.15) is 25.0 Å². The van der Waals surface area contributed by atoms with E-state index in [2.05, 4.69) is 4.72 Å². The second kappa shape index (κ2) is 7.28. The Bertz CT molecular complexity index is 515. The third-order valence-electron chi connectivity index (χ3n) is 2.73. The van der Waals surface area contributed by atoms with Crippen LogP contribution in [0.5, 0.6) is 0 Å². The predicted octanol–water partition coefficient (Wildman–Crippen LogP) is 1.91. The Morgan fingerprint density at radius 2 is 2.11 bits per heavy atom. The number of aliphatic hydroxyl groups excluding tert-OH is 1. The van der Waals surface area contributed by atoms with Crippen LogP contribution in [0.3, 0.4) is 0 Å². The van der Waals surface area contributed by atoms with E-state index in [1.165, 1.54) is 6.07 Å². The van der Waals surface area contributed by atoms with Crippen molar-refractivity contribution in [3.8, 4) is 0 Å². The smallest absolute Gasteiger partial charge is 0.240 e. The molecule has 0 fully saturated rings. The lowest BCUT2D eigenvalue weighted by atomic mass is 10.1. The van der Waals surface area contributed by atoms with Crippen molar-refractivity contribution >= 4 is 21.8 Å². The number of aryl methyl sites for hydroxylation is 1. The van der Waals surface area contributed by atoms with Crippen molar-refractivity contribution in [3.63, 3.8) is 0 Å². The van der Waals surface area contributed by atoms with Crippen LogP contribution in [0.2, 0.25) is 0 Å². The van der Waals surface area contributed by atoms with Crippen LogP contribution >= 0.6 is 11.8 Å². The Morgan fingerprint density at radius 3 is 2.68 bits per heavy atom. The fourth-order valence-electron chi connectivity index (χ4n) is 1.65. The normalized spacial score (nSPS) is 13.5. The molecule has 0 saturated carbocycles. The number of aliphatic hydroxyl groups is 1. The summed E-state index contributed by atoms with van der Waals surface area (Å²) < 4.78 is 27.0. The van der Waals surface area contributed by atoms with Crippen molar-refractivity contribution < 1.29 is 13.5 Å². The quantitative estimate of drug-likeness (QED) is 0.807. The molecule has 0 bridgehead atoms. The van der Waals surface area contributed by atoms with Crippen LogP contribution in [0.4, 0.5) is 0 Å². The molecule has 1 atom stereocenters. The zero-order chi connectivity index (χ0) is 14.5. The van der Waals surface area contributed by atoms with Gasteiger partial charge in [0, 0.05) is 11.8 Å². The summed E-state index contributed by atoms with van der Waals surface area (Å²) >= 11 is 1.70. The van der Waals surface area contributed by atoms with Crippen molar-refractivity contribution in [1.82, 2.24) is 4.72 Å². The van der Waals surface area contributed by atoms with Crippen molar-refractivity contribution in [2.75, 3.05) is 11.5 Å². The van der Waals surface area contributed by atoms with E-state index in [0.717, 1.165) is 17.1 Å². The van der Waals surface area contributed by atoms with E-state index < -0.39 is 10.0 Å². The molecule has 0 spiro atoms. The molecular weight excluding hydrogens is 282 g/mol. The molecular formula is C13H21NO3S2. The first-order valence-electron chi connectivity index (χ1n) is 6.21. The van der Waals surface area contributed by atoms with E-state index in [9.17, 15) is 13.5 Å². The van der Waals surface area contributed by atoms with Gasteiger partial charge in [-0.3, -0.25) is 0 Å². The van der Waals surface area contributed by atoms with E-state index >= 15 is 0 Å². The van der Waals surface area contributed by atoms with Gasteiger partial charge in [0.15, 0.2) is 0 Å². The van der Waals surface area contributed by atoms with Gasteiger partial charge in [-0.2, -0.15) is 11.8 Å². The first-order valence-corrected chi connectivity index (χ1v) is 8.85. The van der Waals surface area contributed by atoms with E-state index in [0.29, 0.717) is 5.56 Å². The van der Waals surface area contributed by atoms with Gasteiger partial charge in [0.05, 0.1) is 11.5 Å². The third kappa shape index (κ3) is 4.80. The van der Waals surface area contributed by atoms with Gasteiger partial charge in [0.1, 0.15) is 0 Å². The monoisotopic (exact) mass is 303 g/mol. The second-order valence-electron chi connectivity index (χ2n) is 4.43. The van der Waals surface area contributed by atoms with Crippen LogP contribution in [0.15, 0.2) is 23.1 Å². The second-order valence-corrected chi connectivity index (χ2v) is 7.46. The number of hydrogen-bond acceptors (Lipinski definition) is 4. The molecule has 0 radical (unpaired) electrons. The van der Waals surface area contributed by atoms with Crippen molar-refractivity contribution in [2.45, 2.75) is 38.3 Å². The molecule has 1 aromatic carbocycles. The molecule has 1 aromatic rings. The molecule has 2 N–H and O–H groups in total. The van der Waals surface area contributed by atoms with Gasteiger partial charge >= 0.3 is 0 Å². The topological polar surface area (TPSA) is 66.4 Å². The maximum Gasteiger partial charge on any atom is 0.240 e. The predicted molar refractivity (Wildman–Crippen MR) is 79.9 cm³/mol. The zero-order valence-corrected chi connectivity index (χ0v) is 13.1. The summed E-state index contributed by atoms with van der Waals surface area (Å²) in [5.41, 5.74) is 1.52. The van der Waals surface area contributed by atoms with Gasteiger partial charge in [-0.25, -0.2) is 13.1 Å². The third-order valence-corrected chi connectivity index (χ3v) is 5.46. The van der Waals surface area contributed by atoms with Crippen LogP contribution in [0.25, 0.3) is 0 Å². The first-order chi connectivity index (χ1) is 8.90. The Morgan fingerprint density at radius 1 is 1.42 bits per heavy atom. The molecule has 0 heterocycles. The highest BCUT2D eigenvalue weighted by atomic mass is 32.2. The average Bonchev–Trinajstić information content (AvgIpc) is 2.36. The highest BCUT2D eigenvalue weighted by Crippen LogP contribution is 2.16. The van der Waals surface area contributed by atoms with Gasteiger partial charge in [-0.1, -0.05) is 13.0 Å². The number of nitrogens with one attached hydrogen (secondary N) is 1. The fraction of sp³-hybridized carbons (Fsp3) is 0.538. The minimum absolute atomic E-state index is 0.117. The van der Waals surface area contributed by atoms with E-state index in [4.69, 9.17) is 0 Å². The molecule has 0 amide bonds. The summed E-state index contributed by atoms with van der Waals surface area (Å²) in [4.78, 5) is 0.204. The largest absolute Gasteiger partial charge is 0.392 e. The summed E-state index contributed by atoms with van der Waals surface area (Å²) in [6, 6.07) is 4.69. The summed E-state index contributed by atoms with van der Waals surface area (Å²) in [6.45, 7) is 5.58. The zero-order valence-electron chi connectivity index (χ0n) is 11.5. The molecule has 19 heavy (non-hydrogen) atoms. The number of benzene rings is 1. The summed E-state index contributed by atoms with van der Waals surface area (Å²) in [6.07, 6.45) is 0. The van der Waals surface area contributed by atoms with Gasteiger partial charge in [0.2, 0.25) is 10.0 Å². The lowest BCUT2D eigenvalue weighted by molar-refractivity contribution is 0.280. The molecule has 4 nitrogen and oxygen atoms in total. The number of hydrogen-bond donors (Lipinski definition) is 2. The lowest BCUT2D eigenvalue weighted by Gasteiger charge is -2.14. The summed E-state index contributed by atoms with van der Waals surface area (Å²) in [7, 11) is -3.51. The van der Waals surface area contributed by atoms with Crippen LogP contribution in [-0.4, -0.2) is 31.1 Å². The van der Waals surface area contributed by atoms with Crippen LogP contribution in [0, 0.1) is 6.92 Å².